The number of aromatic hydroxyl groups is 2. The summed E-state index contributed by atoms with van der Waals surface area (Å²) in [5.74, 6) is -2.20. The number of fused-ring (bicyclic) bond motifs is 1. The lowest BCUT2D eigenvalue weighted by molar-refractivity contribution is -0.132. The maximum absolute atomic E-state index is 13.3. The lowest BCUT2D eigenvalue weighted by Gasteiger charge is -2.26. The molecule has 1 aromatic heterocycles. The summed E-state index contributed by atoms with van der Waals surface area (Å²) in [6, 6.07) is 17.1. The fourth-order valence-corrected chi connectivity index (χ4v) is 4.29. The Morgan fingerprint density at radius 3 is 2.45 bits per heavy atom. The Bertz CT molecular complexity index is 1450. The highest BCUT2D eigenvalue weighted by Gasteiger charge is 2.47. The summed E-state index contributed by atoms with van der Waals surface area (Å²) < 4.78 is 0. The first-order valence-electron chi connectivity index (χ1n) is 10.3. The number of benzene rings is 3. The maximum Gasteiger partial charge on any atom is 0.300 e. The zero-order valence-electron chi connectivity index (χ0n) is 17.6. The number of nitrogens with zero attached hydrogens (tertiary/aromatic N) is 1. The molecule has 2 heterocycles. The van der Waals surface area contributed by atoms with Crippen LogP contribution in [-0.2, 0) is 9.59 Å². The molecular formula is C26H20N2O5. The molecule has 4 N–H and O–H groups in total. The van der Waals surface area contributed by atoms with Crippen molar-refractivity contribution in [2.24, 2.45) is 0 Å². The number of amides is 1. The van der Waals surface area contributed by atoms with Crippen molar-refractivity contribution in [2.45, 2.75) is 13.0 Å². The molecule has 1 unspecified atom stereocenters. The summed E-state index contributed by atoms with van der Waals surface area (Å²) in [5, 5.41) is 32.3. The van der Waals surface area contributed by atoms with Crippen LogP contribution in [0.25, 0.3) is 16.7 Å². The van der Waals surface area contributed by atoms with E-state index in [0.29, 0.717) is 16.5 Å². The minimum Gasteiger partial charge on any atom is -0.508 e. The summed E-state index contributed by atoms with van der Waals surface area (Å²) in [6.45, 7) is 1.81. The van der Waals surface area contributed by atoms with Gasteiger partial charge in [0.05, 0.1) is 17.3 Å². The highest BCUT2D eigenvalue weighted by molar-refractivity contribution is 6.52. The molecule has 5 rings (SSSR count). The van der Waals surface area contributed by atoms with Crippen molar-refractivity contribution in [3.8, 4) is 11.5 Å². The largest absolute Gasteiger partial charge is 0.508 e. The second-order valence-electron chi connectivity index (χ2n) is 8.00. The number of aromatic nitrogens is 1. The van der Waals surface area contributed by atoms with Gasteiger partial charge in [-0.2, -0.15) is 0 Å². The summed E-state index contributed by atoms with van der Waals surface area (Å²) in [5.41, 5.74) is 2.50. The van der Waals surface area contributed by atoms with Crippen molar-refractivity contribution in [2.75, 3.05) is 4.90 Å². The molecule has 1 fully saturated rings. The van der Waals surface area contributed by atoms with Crippen molar-refractivity contribution in [1.29, 1.82) is 0 Å². The fraction of sp³-hybridized carbons (Fsp3) is 0.0769. The molecule has 0 bridgehead atoms. The average molecular weight is 440 g/mol. The van der Waals surface area contributed by atoms with Crippen LogP contribution in [0.3, 0.4) is 0 Å². The Morgan fingerprint density at radius 2 is 1.70 bits per heavy atom. The molecule has 3 aromatic carbocycles. The molecule has 1 atom stereocenters. The molecule has 7 heteroatoms. The number of aliphatic hydroxyl groups excluding tert-OH is 1. The summed E-state index contributed by atoms with van der Waals surface area (Å²) in [6.07, 6.45) is 1.59. The normalized spacial score (nSPS) is 17.7. The standard InChI is InChI=1S/C26H20N2O5/c1-14-6-11-21(30)20(12-14)28-23(15-7-9-16(29)10-8-15)22(25(32)26(28)33)24(31)18-13-27-19-5-3-2-4-17(18)19/h2-13,23,27,29-31H,1H3/b24-22-. The Labute approximate surface area is 188 Å². The van der Waals surface area contributed by atoms with Crippen molar-refractivity contribution in [1.82, 2.24) is 4.98 Å². The molecule has 0 aliphatic carbocycles. The molecular weight excluding hydrogens is 420 g/mol. The van der Waals surface area contributed by atoms with E-state index in [1.54, 1.807) is 43.5 Å². The molecule has 1 saturated heterocycles. The quantitative estimate of drug-likeness (QED) is 0.213. The maximum atomic E-state index is 13.3. The number of phenolic OH excluding ortho intramolecular Hbond substituents is 2. The minimum atomic E-state index is -1.01. The second-order valence-corrected chi connectivity index (χ2v) is 8.00. The molecule has 0 spiro atoms. The Hall–Kier alpha value is -4.52. The first-order chi connectivity index (χ1) is 15.9. The van der Waals surface area contributed by atoms with Gasteiger partial charge >= 0.3 is 0 Å². The third-order valence-electron chi connectivity index (χ3n) is 5.89. The number of carbonyl (C=O) groups is 2. The number of Topliss-reactive ketones (excluding diaryl/α,β-unsaturated/α-hetero) is 1. The monoisotopic (exact) mass is 440 g/mol. The van der Waals surface area contributed by atoms with Crippen LogP contribution >= 0.6 is 0 Å². The molecule has 164 valence electrons. The third kappa shape index (κ3) is 3.22. The zero-order chi connectivity index (χ0) is 23.3. The van der Waals surface area contributed by atoms with Gasteiger partial charge in [0.1, 0.15) is 17.3 Å². The molecule has 0 radical (unpaired) electrons. The van der Waals surface area contributed by atoms with E-state index in [1.807, 2.05) is 18.2 Å². The second kappa shape index (κ2) is 7.56. The number of anilines is 1. The smallest absolute Gasteiger partial charge is 0.300 e. The Balaban J connectivity index is 1.78. The van der Waals surface area contributed by atoms with Crippen LogP contribution in [0.1, 0.15) is 22.7 Å². The van der Waals surface area contributed by atoms with E-state index in [2.05, 4.69) is 4.98 Å². The van der Waals surface area contributed by atoms with Gasteiger partial charge in [-0.05, 0) is 48.4 Å². The number of carbonyl (C=O) groups excluding carboxylic acids is 2. The van der Waals surface area contributed by atoms with Gasteiger partial charge in [-0.25, -0.2) is 0 Å². The number of H-pyrrole nitrogens is 1. The van der Waals surface area contributed by atoms with Gasteiger partial charge in [0.2, 0.25) is 0 Å². The van der Waals surface area contributed by atoms with Crippen molar-refractivity contribution >= 4 is 34.0 Å². The van der Waals surface area contributed by atoms with E-state index in [4.69, 9.17) is 0 Å². The van der Waals surface area contributed by atoms with Crippen LogP contribution in [0.4, 0.5) is 5.69 Å². The number of ketones is 1. The summed E-state index contributed by atoms with van der Waals surface area (Å²) in [7, 11) is 0. The molecule has 4 aromatic rings. The Kier molecular flexibility index (Phi) is 4.67. The summed E-state index contributed by atoms with van der Waals surface area (Å²) >= 11 is 0. The van der Waals surface area contributed by atoms with Crippen LogP contribution in [0.2, 0.25) is 0 Å². The van der Waals surface area contributed by atoms with Crippen LogP contribution < -0.4 is 4.90 Å². The number of hydrogen-bond acceptors (Lipinski definition) is 5. The molecule has 33 heavy (non-hydrogen) atoms. The van der Waals surface area contributed by atoms with E-state index in [-0.39, 0.29) is 28.5 Å². The van der Waals surface area contributed by atoms with Gasteiger partial charge in [-0.3, -0.25) is 14.5 Å². The molecule has 1 aliphatic rings. The lowest BCUT2D eigenvalue weighted by atomic mass is 9.95. The van der Waals surface area contributed by atoms with Gasteiger partial charge in [0.15, 0.2) is 0 Å². The Morgan fingerprint density at radius 1 is 0.970 bits per heavy atom. The number of phenols is 2. The molecule has 1 amide bonds. The van der Waals surface area contributed by atoms with E-state index < -0.39 is 17.7 Å². The van der Waals surface area contributed by atoms with Crippen LogP contribution in [0.15, 0.2) is 78.5 Å². The number of rotatable bonds is 3. The molecule has 0 saturated carbocycles. The van der Waals surface area contributed by atoms with Crippen molar-refractivity contribution in [3.05, 3.63) is 95.2 Å². The van der Waals surface area contributed by atoms with E-state index in [1.165, 1.54) is 23.1 Å². The number of nitrogens with one attached hydrogen (secondary N) is 1. The number of aromatic amines is 1. The molecule has 7 nitrogen and oxygen atoms in total. The number of aliphatic hydroxyl groups is 1. The lowest BCUT2D eigenvalue weighted by Crippen LogP contribution is -2.29. The third-order valence-corrected chi connectivity index (χ3v) is 5.89. The number of aryl methyl sites for hydroxylation is 1. The van der Waals surface area contributed by atoms with Gasteiger partial charge < -0.3 is 20.3 Å². The van der Waals surface area contributed by atoms with Gasteiger partial charge in [-0.15, -0.1) is 0 Å². The van der Waals surface area contributed by atoms with E-state index >= 15 is 0 Å². The van der Waals surface area contributed by atoms with Gasteiger partial charge in [0.25, 0.3) is 11.7 Å². The number of para-hydroxylation sites is 1. The fourth-order valence-electron chi connectivity index (χ4n) is 4.29. The highest BCUT2D eigenvalue weighted by Crippen LogP contribution is 2.45. The van der Waals surface area contributed by atoms with Crippen LogP contribution in [-0.4, -0.2) is 32.0 Å². The predicted octanol–water partition coefficient (Wildman–Crippen LogP) is 4.51. The van der Waals surface area contributed by atoms with Gasteiger partial charge in [-0.1, -0.05) is 36.4 Å². The SMILES string of the molecule is Cc1ccc(O)c(N2C(=O)C(=O)/C(=C(\O)c3c[nH]c4ccccc34)C2c2ccc(O)cc2)c1. The number of hydrogen-bond donors (Lipinski definition) is 4. The predicted molar refractivity (Wildman–Crippen MR) is 124 cm³/mol. The first-order valence-corrected chi connectivity index (χ1v) is 10.3. The van der Waals surface area contributed by atoms with Crippen molar-refractivity contribution < 1.29 is 24.9 Å². The van der Waals surface area contributed by atoms with Crippen LogP contribution in [0.5, 0.6) is 11.5 Å². The highest BCUT2D eigenvalue weighted by atomic mass is 16.3. The van der Waals surface area contributed by atoms with Crippen molar-refractivity contribution in [3.63, 3.8) is 0 Å². The average Bonchev–Trinajstić information content (AvgIpc) is 3.35. The van der Waals surface area contributed by atoms with E-state index in [9.17, 15) is 24.9 Å². The van der Waals surface area contributed by atoms with E-state index in [0.717, 1.165) is 11.1 Å². The van der Waals surface area contributed by atoms with Crippen LogP contribution in [0, 0.1) is 6.92 Å². The zero-order valence-corrected chi connectivity index (χ0v) is 17.6. The molecule has 1 aliphatic heterocycles. The summed E-state index contributed by atoms with van der Waals surface area (Å²) in [4.78, 5) is 30.7. The van der Waals surface area contributed by atoms with Gasteiger partial charge in [0, 0.05) is 22.7 Å². The minimum absolute atomic E-state index is 0.0192. The first kappa shape index (κ1) is 20.4. The topological polar surface area (TPSA) is 114 Å².